The second-order valence-electron chi connectivity index (χ2n) is 6.07. The monoisotopic (exact) mass is 336 g/mol. The molecule has 0 aliphatic carbocycles. The highest BCUT2D eigenvalue weighted by Gasteiger charge is 2.16. The molecule has 128 valence electrons. The summed E-state index contributed by atoms with van der Waals surface area (Å²) < 4.78 is 6.97. The number of ether oxygens (including phenoxy) is 1. The van der Waals surface area contributed by atoms with Gasteiger partial charge in [0.25, 0.3) is 5.91 Å². The summed E-state index contributed by atoms with van der Waals surface area (Å²) in [5.74, 6) is 0.163. The first kappa shape index (κ1) is 16.8. The van der Waals surface area contributed by atoms with Crippen molar-refractivity contribution in [2.45, 2.75) is 13.8 Å². The van der Waals surface area contributed by atoms with E-state index in [1.165, 1.54) is 0 Å². The smallest absolute Gasteiger partial charge is 0.261 e. The van der Waals surface area contributed by atoms with E-state index < -0.39 is 5.91 Å². The van der Waals surface area contributed by atoms with Crippen LogP contribution in [-0.4, -0.2) is 17.6 Å². The maximum absolute atomic E-state index is 12.8. The van der Waals surface area contributed by atoms with Gasteiger partial charge in [0.1, 0.15) is 11.3 Å². The molecule has 0 aliphatic heterocycles. The maximum atomic E-state index is 12.8. The fourth-order valence-electron chi connectivity index (χ4n) is 2.84. The lowest BCUT2D eigenvalue weighted by atomic mass is 10.1. The highest BCUT2D eigenvalue weighted by molar-refractivity contribution is 6.06. The number of benzene rings is 2. The van der Waals surface area contributed by atoms with Crippen molar-refractivity contribution < 1.29 is 9.53 Å². The first-order chi connectivity index (χ1) is 11.9. The van der Waals surface area contributed by atoms with Gasteiger partial charge in [0, 0.05) is 18.9 Å². The Labute approximate surface area is 145 Å². The second-order valence-corrected chi connectivity index (χ2v) is 6.07. The number of anilines is 1. The van der Waals surface area contributed by atoms with E-state index in [4.69, 9.17) is 4.74 Å². The number of fused-ring (bicyclic) bond motifs is 1. The number of methoxy groups -OCH3 is 1. The summed E-state index contributed by atoms with van der Waals surface area (Å²) in [6.07, 6.45) is 1.57. The zero-order valence-corrected chi connectivity index (χ0v) is 14.7. The number of aromatic nitrogens is 1. The Hall–Kier alpha value is -3.08. The van der Waals surface area contributed by atoms with Gasteiger partial charge in [-0.3, -0.25) is 9.59 Å². The summed E-state index contributed by atoms with van der Waals surface area (Å²) in [6, 6.07) is 10.9. The summed E-state index contributed by atoms with van der Waals surface area (Å²) in [7, 11) is 3.35. The molecule has 0 fully saturated rings. The van der Waals surface area contributed by atoms with Crippen LogP contribution in [-0.2, 0) is 7.05 Å². The Bertz CT molecular complexity index is 1040. The largest absolute Gasteiger partial charge is 0.497 e. The van der Waals surface area contributed by atoms with Crippen molar-refractivity contribution in [3.05, 3.63) is 69.5 Å². The van der Waals surface area contributed by atoms with Crippen LogP contribution in [0.5, 0.6) is 5.75 Å². The van der Waals surface area contributed by atoms with Gasteiger partial charge in [0.2, 0.25) is 5.43 Å². The van der Waals surface area contributed by atoms with Crippen LogP contribution in [0.4, 0.5) is 5.69 Å². The Morgan fingerprint density at radius 3 is 2.64 bits per heavy atom. The molecule has 0 unspecified atom stereocenters. The van der Waals surface area contributed by atoms with Gasteiger partial charge in [-0.2, -0.15) is 0 Å². The number of aryl methyl sites for hydroxylation is 2. The van der Waals surface area contributed by atoms with Crippen molar-refractivity contribution in [2.24, 2.45) is 7.05 Å². The number of nitrogens with one attached hydrogen (secondary N) is 1. The predicted molar refractivity (Wildman–Crippen MR) is 99.6 cm³/mol. The third-order valence-corrected chi connectivity index (χ3v) is 4.49. The lowest BCUT2D eigenvalue weighted by Gasteiger charge is -2.12. The summed E-state index contributed by atoms with van der Waals surface area (Å²) in [6.45, 7) is 3.92. The average Bonchev–Trinajstić information content (AvgIpc) is 2.61. The molecule has 1 amide bonds. The van der Waals surface area contributed by atoms with E-state index in [0.717, 1.165) is 16.6 Å². The first-order valence-corrected chi connectivity index (χ1v) is 7.97. The van der Waals surface area contributed by atoms with E-state index in [2.05, 4.69) is 5.32 Å². The normalized spacial score (nSPS) is 10.7. The van der Waals surface area contributed by atoms with E-state index >= 15 is 0 Å². The molecule has 0 spiro atoms. The molecule has 2 aromatic carbocycles. The standard InChI is InChI=1S/C20H20N2O3/c1-12-6-5-7-17(13(12)2)21-20(24)16-11-22(3)18-9-8-14(25-4)10-15(18)19(16)23/h5-11H,1-4H3,(H,21,24). The van der Waals surface area contributed by atoms with Gasteiger partial charge in [0.15, 0.2) is 0 Å². The fourth-order valence-corrected chi connectivity index (χ4v) is 2.84. The molecule has 3 rings (SSSR count). The van der Waals surface area contributed by atoms with Gasteiger partial charge in [0.05, 0.1) is 18.0 Å². The lowest BCUT2D eigenvalue weighted by Crippen LogP contribution is -2.23. The van der Waals surface area contributed by atoms with Crippen LogP contribution in [0.1, 0.15) is 21.5 Å². The third kappa shape index (κ3) is 3.01. The molecule has 0 saturated carbocycles. The van der Waals surface area contributed by atoms with Gasteiger partial charge >= 0.3 is 0 Å². The van der Waals surface area contributed by atoms with Crippen LogP contribution in [0.2, 0.25) is 0 Å². The first-order valence-electron chi connectivity index (χ1n) is 7.97. The lowest BCUT2D eigenvalue weighted by molar-refractivity contribution is 0.102. The molecule has 0 saturated heterocycles. The minimum Gasteiger partial charge on any atom is -0.497 e. The van der Waals surface area contributed by atoms with Crippen LogP contribution in [0.3, 0.4) is 0 Å². The molecule has 0 radical (unpaired) electrons. The average molecular weight is 336 g/mol. The van der Waals surface area contributed by atoms with Crippen molar-refractivity contribution in [3.8, 4) is 5.75 Å². The zero-order valence-electron chi connectivity index (χ0n) is 14.7. The number of amides is 1. The zero-order chi connectivity index (χ0) is 18.1. The molecule has 1 heterocycles. The third-order valence-electron chi connectivity index (χ3n) is 4.49. The van der Waals surface area contributed by atoms with E-state index in [0.29, 0.717) is 16.8 Å². The molecule has 3 aromatic rings. The molecule has 0 aliphatic rings. The Morgan fingerprint density at radius 1 is 1.16 bits per heavy atom. The van der Waals surface area contributed by atoms with Crippen LogP contribution < -0.4 is 15.5 Å². The van der Waals surface area contributed by atoms with Crippen LogP contribution >= 0.6 is 0 Å². The van der Waals surface area contributed by atoms with E-state index in [-0.39, 0.29) is 11.0 Å². The Morgan fingerprint density at radius 2 is 1.92 bits per heavy atom. The number of carbonyl (C=O) groups excluding carboxylic acids is 1. The van der Waals surface area contributed by atoms with Gasteiger partial charge in [-0.25, -0.2) is 0 Å². The van der Waals surface area contributed by atoms with Gasteiger partial charge < -0.3 is 14.6 Å². The summed E-state index contributed by atoms with van der Waals surface area (Å²) >= 11 is 0. The van der Waals surface area contributed by atoms with Crippen LogP contribution in [0, 0.1) is 13.8 Å². The minimum atomic E-state index is -0.418. The van der Waals surface area contributed by atoms with Crippen molar-refractivity contribution in [1.29, 1.82) is 0 Å². The van der Waals surface area contributed by atoms with Gasteiger partial charge in [-0.1, -0.05) is 12.1 Å². The van der Waals surface area contributed by atoms with Gasteiger partial charge in [-0.05, 0) is 49.2 Å². The van der Waals surface area contributed by atoms with Crippen molar-refractivity contribution in [3.63, 3.8) is 0 Å². The summed E-state index contributed by atoms with van der Waals surface area (Å²) in [5, 5.41) is 3.30. The van der Waals surface area contributed by atoms with E-state index in [9.17, 15) is 9.59 Å². The van der Waals surface area contributed by atoms with Crippen LogP contribution in [0.25, 0.3) is 10.9 Å². The van der Waals surface area contributed by atoms with Gasteiger partial charge in [-0.15, -0.1) is 0 Å². The SMILES string of the molecule is COc1ccc2c(c1)c(=O)c(C(=O)Nc1cccc(C)c1C)cn2C. The summed E-state index contributed by atoms with van der Waals surface area (Å²) in [4.78, 5) is 25.5. The maximum Gasteiger partial charge on any atom is 0.261 e. The molecule has 25 heavy (non-hydrogen) atoms. The van der Waals surface area contributed by atoms with Crippen molar-refractivity contribution >= 4 is 22.5 Å². The van der Waals surface area contributed by atoms with E-state index in [1.54, 1.807) is 30.0 Å². The minimum absolute atomic E-state index is 0.101. The molecule has 0 atom stereocenters. The number of hydrogen-bond acceptors (Lipinski definition) is 3. The molecule has 5 nitrogen and oxygen atoms in total. The molecule has 1 aromatic heterocycles. The van der Waals surface area contributed by atoms with E-state index in [1.807, 2.05) is 45.2 Å². The molecule has 1 N–H and O–H groups in total. The number of hydrogen-bond donors (Lipinski definition) is 1. The number of rotatable bonds is 3. The van der Waals surface area contributed by atoms with Crippen LogP contribution in [0.15, 0.2) is 47.4 Å². The Balaban J connectivity index is 2.09. The fraction of sp³-hybridized carbons (Fsp3) is 0.200. The predicted octanol–water partition coefficient (Wildman–Crippen LogP) is 3.42. The highest BCUT2D eigenvalue weighted by Crippen LogP contribution is 2.20. The Kier molecular flexibility index (Phi) is 4.31. The quantitative estimate of drug-likeness (QED) is 0.797. The summed E-state index contributed by atoms with van der Waals surface area (Å²) in [5.41, 5.74) is 3.30. The second kappa shape index (κ2) is 6.43. The molecule has 0 bridgehead atoms. The number of nitrogens with zero attached hydrogens (tertiary/aromatic N) is 1. The highest BCUT2D eigenvalue weighted by atomic mass is 16.5. The molecule has 5 heteroatoms. The number of pyridine rings is 1. The van der Waals surface area contributed by atoms with Crippen molar-refractivity contribution in [2.75, 3.05) is 12.4 Å². The molecular formula is C20H20N2O3. The number of carbonyl (C=O) groups is 1. The van der Waals surface area contributed by atoms with Crippen molar-refractivity contribution in [1.82, 2.24) is 4.57 Å². The topological polar surface area (TPSA) is 60.3 Å². The molecular weight excluding hydrogens is 316 g/mol.